The van der Waals surface area contributed by atoms with Crippen molar-refractivity contribution >= 4 is 11.6 Å². The highest BCUT2D eigenvalue weighted by Gasteiger charge is 2.22. The summed E-state index contributed by atoms with van der Waals surface area (Å²) in [6.07, 6.45) is 2.74. The van der Waals surface area contributed by atoms with E-state index in [9.17, 15) is 9.90 Å². The highest BCUT2D eigenvalue weighted by Crippen LogP contribution is 2.23. The van der Waals surface area contributed by atoms with Crippen molar-refractivity contribution in [3.63, 3.8) is 0 Å². The predicted molar refractivity (Wildman–Crippen MR) is 59.9 cm³/mol. The predicted octanol–water partition coefficient (Wildman–Crippen LogP) is 0.963. The van der Waals surface area contributed by atoms with Gasteiger partial charge in [0, 0.05) is 17.5 Å². The molecule has 0 saturated carbocycles. The minimum absolute atomic E-state index is 0.0513. The third-order valence-electron chi connectivity index (χ3n) is 2.66. The molecule has 6 nitrogen and oxygen atoms in total. The van der Waals surface area contributed by atoms with Crippen LogP contribution in [0.5, 0.6) is 0 Å². The topological polar surface area (TPSA) is 87.7 Å². The Labute approximate surface area is 97.5 Å². The Bertz CT molecular complexity index is 596. The molecule has 0 spiro atoms. The van der Waals surface area contributed by atoms with Gasteiger partial charge >= 0.3 is 5.97 Å². The zero-order valence-electron chi connectivity index (χ0n) is 9.80. The Hall–Kier alpha value is -1.95. The van der Waals surface area contributed by atoms with E-state index in [0.29, 0.717) is 11.3 Å². The third kappa shape index (κ3) is 1.76. The maximum atomic E-state index is 10.9. The fourth-order valence-corrected chi connectivity index (χ4v) is 1.80. The molecule has 90 valence electrons. The number of aryl methyl sites for hydroxylation is 1. The first-order valence-corrected chi connectivity index (χ1v) is 5.12. The van der Waals surface area contributed by atoms with Crippen molar-refractivity contribution in [3.05, 3.63) is 29.2 Å². The summed E-state index contributed by atoms with van der Waals surface area (Å²) in [5, 5.41) is 22.9. The lowest BCUT2D eigenvalue weighted by Gasteiger charge is -2.19. The summed E-state index contributed by atoms with van der Waals surface area (Å²) in [5.41, 5.74) is 0.582. The van der Waals surface area contributed by atoms with Gasteiger partial charge < -0.3 is 10.2 Å². The van der Waals surface area contributed by atoms with E-state index >= 15 is 0 Å². The minimum atomic E-state index is -1.07. The lowest BCUT2D eigenvalue weighted by atomic mass is 9.99. The van der Waals surface area contributed by atoms with Gasteiger partial charge in [-0.15, -0.1) is 0 Å². The zero-order valence-corrected chi connectivity index (χ0v) is 9.80. The number of nitrogens with zero attached hydrogens (tertiary/aromatic N) is 3. The van der Waals surface area contributed by atoms with Crippen LogP contribution >= 0.6 is 0 Å². The average molecular weight is 235 g/mol. The second-order valence-corrected chi connectivity index (χ2v) is 4.42. The molecule has 2 N–H and O–H groups in total. The summed E-state index contributed by atoms with van der Waals surface area (Å²) in [6, 6.07) is 0. The molecule has 0 atom stereocenters. The Morgan fingerprint density at radius 3 is 2.59 bits per heavy atom. The number of hydrogen-bond acceptors (Lipinski definition) is 4. The first-order chi connectivity index (χ1) is 7.82. The van der Waals surface area contributed by atoms with Crippen molar-refractivity contribution in [1.82, 2.24) is 14.6 Å². The summed E-state index contributed by atoms with van der Waals surface area (Å²) >= 11 is 0. The average Bonchev–Trinajstić information content (AvgIpc) is 2.60. The van der Waals surface area contributed by atoms with Crippen LogP contribution in [0.3, 0.4) is 0 Å². The molecule has 0 aliphatic rings. The van der Waals surface area contributed by atoms with Crippen LogP contribution in [-0.4, -0.2) is 30.8 Å². The van der Waals surface area contributed by atoms with Crippen molar-refractivity contribution in [2.75, 3.05) is 0 Å². The molecular formula is C11H13N3O3. The van der Waals surface area contributed by atoms with Gasteiger partial charge in [0.2, 0.25) is 0 Å². The number of aromatic nitrogens is 3. The van der Waals surface area contributed by atoms with Gasteiger partial charge in [0.25, 0.3) is 0 Å². The number of rotatable bonds is 2. The molecular weight excluding hydrogens is 222 g/mol. The lowest BCUT2D eigenvalue weighted by Crippen LogP contribution is -2.19. The van der Waals surface area contributed by atoms with Gasteiger partial charge in [-0.2, -0.15) is 5.10 Å². The third-order valence-corrected chi connectivity index (χ3v) is 2.66. The van der Waals surface area contributed by atoms with Crippen LogP contribution in [0.4, 0.5) is 0 Å². The molecule has 0 unspecified atom stereocenters. The maximum Gasteiger partial charge on any atom is 0.341 e. The quantitative estimate of drug-likeness (QED) is 0.809. The van der Waals surface area contributed by atoms with Crippen LogP contribution in [0.25, 0.3) is 5.65 Å². The smallest absolute Gasteiger partial charge is 0.341 e. The maximum absolute atomic E-state index is 10.9. The highest BCUT2D eigenvalue weighted by atomic mass is 16.4. The van der Waals surface area contributed by atoms with Gasteiger partial charge in [-0.1, -0.05) is 0 Å². The summed E-state index contributed by atoms with van der Waals surface area (Å²) < 4.78 is 1.43. The van der Waals surface area contributed by atoms with Crippen LogP contribution in [-0.2, 0) is 5.60 Å². The second kappa shape index (κ2) is 3.53. The molecule has 2 heterocycles. The number of aliphatic hydroxyl groups is 1. The second-order valence-electron chi connectivity index (χ2n) is 4.42. The number of carbonyl (C=O) groups is 1. The van der Waals surface area contributed by atoms with Gasteiger partial charge in [0.15, 0.2) is 5.65 Å². The van der Waals surface area contributed by atoms with Crippen LogP contribution in [0.2, 0.25) is 0 Å². The summed E-state index contributed by atoms with van der Waals surface area (Å²) in [7, 11) is 0. The van der Waals surface area contributed by atoms with Crippen LogP contribution in [0.1, 0.15) is 35.5 Å². The zero-order chi connectivity index (χ0) is 12.8. The number of aromatic carboxylic acids is 1. The van der Waals surface area contributed by atoms with E-state index in [1.165, 1.54) is 16.9 Å². The molecule has 0 aliphatic carbocycles. The van der Waals surface area contributed by atoms with Crippen molar-refractivity contribution in [3.8, 4) is 0 Å². The Morgan fingerprint density at radius 2 is 2.06 bits per heavy atom. The number of hydrogen-bond donors (Lipinski definition) is 2. The molecule has 2 aromatic rings. The van der Waals surface area contributed by atoms with Gasteiger partial charge in [0.1, 0.15) is 5.56 Å². The Balaban J connectivity index is 2.75. The van der Waals surface area contributed by atoms with E-state index < -0.39 is 11.6 Å². The summed E-state index contributed by atoms with van der Waals surface area (Å²) in [5.74, 6) is -1.07. The first-order valence-electron chi connectivity index (χ1n) is 5.12. The molecule has 0 bridgehead atoms. The standard InChI is InChI=1S/C11H13N3O3/c1-6-8(11(2,3)17)5-12-9-7(10(15)16)4-13-14(6)9/h4-5,17H,1-3H3,(H,15,16). The number of fused-ring (bicyclic) bond motifs is 1. The summed E-state index contributed by atoms with van der Waals surface area (Å²) in [6.45, 7) is 5.05. The van der Waals surface area contributed by atoms with E-state index in [1.54, 1.807) is 20.8 Å². The normalized spacial score (nSPS) is 12.0. The molecule has 0 radical (unpaired) electrons. The fourth-order valence-electron chi connectivity index (χ4n) is 1.80. The SMILES string of the molecule is Cc1c(C(C)(C)O)cnc2c(C(=O)O)cnn12. The molecule has 0 saturated heterocycles. The fraction of sp³-hybridized carbons (Fsp3) is 0.364. The highest BCUT2D eigenvalue weighted by molar-refractivity contribution is 5.94. The van der Waals surface area contributed by atoms with Crippen molar-refractivity contribution in [1.29, 1.82) is 0 Å². The molecule has 0 aliphatic heterocycles. The van der Waals surface area contributed by atoms with Gasteiger partial charge in [-0.05, 0) is 20.8 Å². The minimum Gasteiger partial charge on any atom is -0.477 e. The number of carboxylic acid groups (broad SMARTS) is 1. The first kappa shape index (κ1) is 11.5. The number of carboxylic acids is 1. The molecule has 17 heavy (non-hydrogen) atoms. The van der Waals surface area contributed by atoms with E-state index in [2.05, 4.69) is 10.1 Å². The molecule has 0 fully saturated rings. The monoisotopic (exact) mass is 235 g/mol. The Morgan fingerprint density at radius 1 is 1.41 bits per heavy atom. The van der Waals surface area contributed by atoms with Crippen LogP contribution < -0.4 is 0 Å². The van der Waals surface area contributed by atoms with Crippen molar-refractivity contribution in [2.45, 2.75) is 26.4 Å². The lowest BCUT2D eigenvalue weighted by molar-refractivity contribution is 0.0698. The molecule has 6 heteroatoms. The van der Waals surface area contributed by atoms with Crippen molar-refractivity contribution in [2.24, 2.45) is 0 Å². The largest absolute Gasteiger partial charge is 0.477 e. The summed E-state index contributed by atoms with van der Waals surface area (Å²) in [4.78, 5) is 15.0. The Kier molecular flexibility index (Phi) is 2.39. The van der Waals surface area contributed by atoms with Crippen LogP contribution in [0.15, 0.2) is 12.4 Å². The molecule has 2 aromatic heterocycles. The van der Waals surface area contributed by atoms with Gasteiger partial charge in [0.05, 0.1) is 11.8 Å². The van der Waals surface area contributed by atoms with E-state index in [-0.39, 0.29) is 11.2 Å². The van der Waals surface area contributed by atoms with E-state index in [4.69, 9.17) is 5.11 Å². The molecule has 0 amide bonds. The van der Waals surface area contributed by atoms with Gasteiger partial charge in [-0.25, -0.2) is 14.3 Å². The van der Waals surface area contributed by atoms with E-state index in [1.807, 2.05) is 0 Å². The van der Waals surface area contributed by atoms with Crippen LogP contribution in [0, 0.1) is 6.92 Å². The van der Waals surface area contributed by atoms with E-state index in [0.717, 1.165) is 0 Å². The molecule has 0 aromatic carbocycles. The van der Waals surface area contributed by atoms with Crippen molar-refractivity contribution < 1.29 is 15.0 Å². The molecule has 2 rings (SSSR count). The van der Waals surface area contributed by atoms with Gasteiger partial charge in [-0.3, -0.25) is 0 Å².